The summed E-state index contributed by atoms with van der Waals surface area (Å²) >= 11 is 2.04. The van der Waals surface area contributed by atoms with Gasteiger partial charge in [0.25, 0.3) is 5.91 Å². The SMILES string of the molecule is CN(CCNC(=O)c1cc(S(=O)(=O)N(C)C)ccc1I)C1CC1. The molecule has 0 aliphatic heterocycles. The van der Waals surface area contributed by atoms with E-state index in [1.807, 2.05) is 22.6 Å². The molecule has 1 aliphatic rings. The number of nitrogens with zero attached hydrogens (tertiary/aromatic N) is 2. The number of halogens is 1. The Morgan fingerprint density at radius 1 is 1.30 bits per heavy atom. The van der Waals surface area contributed by atoms with Crippen molar-refractivity contribution in [1.29, 1.82) is 0 Å². The molecule has 1 N–H and O–H groups in total. The van der Waals surface area contributed by atoms with Crippen LogP contribution in [0.3, 0.4) is 0 Å². The minimum absolute atomic E-state index is 0.128. The molecule has 2 rings (SSSR count). The van der Waals surface area contributed by atoms with Gasteiger partial charge in [-0.25, -0.2) is 12.7 Å². The third kappa shape index (κ3) is 4.65. The summed E-state index contributed by atoms with van der Waals surface area (Å²) in [6, 6.07) is 5.27. The normalized spacial score (nSPS) is 15.2. The highest BCUT2D eigenvalue weighted by Gasteiger charge is 2.25. The summed E-state index contributed by atoms with van der Waals surface area (Å²) in [5.41, 5.74) is 0.391. The van der Waals surface area contributed by atoms with Crippen molar-refractivity contribution in [2.45, 2.75) is 23.8 Å². The highest BCUT2D eigenvalue weighted by molar-refractivity contribution is 14.1. The number of carbonyl (C=O) groups excluding carboxylic acids is 1. The molecule has 1 aromatic carbocycles. The van der Waals surface area contributed by atoms with E-state index in [-0.39, 0.29) is 10.8 Å². The van der Waals surface area contributed by atoms with Crippen LogP contribution in [0.1, 0.15) is 23.2 Å². The maximum Gasteiger partial charge on any atom is 0.252 e. The average Bonchev–Trinajstić information content (AvgIpc) is 3.31. The molecule has 0 atom stereocenters. The van der Waals surface area contributed by atoms with E-state index < -0.39 is 10.0 Å². The molecule has 8 heteroatoms. The summed E-state index contributed by atoms with van der Waals surface area (Å²) in [5.74, 6) is -0.241. The minimum atomic E-state index is -3.54. The molecule has 0 saturated heterocycles. The Kier molecular flexibility index (Phi) is 6.04. The van der Waals surface area contributed by atoms with Gasteiger partial charge < -0.3 is 10.2 Å². The number of likely N-dealkylation sites (N-methyl/N-ethyl adjacent to an activating group) is 1. The van der Waals surface area contributed by atoms with Crippen molar-refractivity contribution in [3.05, 3.63) is 27.3 Å². The fourth-order valence-electron chi connectivity index (χ4n) is 2.19. The van der Waals surface area contributed by atoms with Crippen molar-refractivity contribution in [2.75, 3.05) is 34.2 Å². The van der Waals surface area contributed by atoms with Crippen LogP contribution < -0.4 is 5.32 Å². The van der Waals surface area contributed by atoms with E-state index in [1.165, 1.54) is 39.1 Å². The summed E-state index contributed by atoms with van der Waals surface area (Å²) in [6.45, 7) is 1.34. The van der Waals surface area contributed by atoms with Crippen LogP contribution >= 0.6 is 22.6 Å². The Morgan fingerprint density at radius 2 is 1.96 bits per heavy atom. The largest absolute Gasteiger partial charge is 0.351 e. The van der Waals surface area contributed by atoms with E-state index in [1.54, 1.807) is 6.07 Å². The highest BCUT2D eigenvalue weighted by Crippen LogP contribution is 2.24. The summed E-state index contributed by atoms with van der Waals surface area (Å²) in [6.07, 6.45) is 2.46. The number of sulfonamides is 1. The fraction of sp³-hybridized carbons (Fsp3) is 0.533. The standard InChI is InChI=1S/C15H22IN3O3S/c1-18(2)23(21,22)12-6-7-14(16)13(10-12)15(20)17-8-9-19(3)11-4-5-11/h6-7,10-11H,4-5,8-9H2,1-3H3,(H,17,20). The molecule has 0 radical (unpaired) electrons. The van der Waals surface area contributed by atoms with E-state index >= 15 is 0 Å². The van der Waals surface area contributed by atoms with Crippen molar-refractivity contribution in [3.8, 4) is 0 Å². The first-order valence-electron chi connectivity index (χ1n) is 7.44. The van der Waals surface area contributed by atoms with Gasteiger partial charge in [0.15, 0.2) is 0 Å². The first-order valence-corrected chi connectivity index (χ1v) is 9.96. The van der Waals surface area contributed by atoms with Crippen LogP contribution in [0.5, 0.6) is 0 Å². The lowest BCUT2D eigenvalue weighted by Crippen LogP contribution is -2.34. The van der Waals surface area contributed by atoms with Gasteiger partial charge in [0, 0.05) is 36.8 Å². The lowest BCUT2D eigenvalue weighted by Gasteiger charge is -2.16. The summed E-state index contributed by atoms with van der Waals surface area (Å²) < 4.78 is 26.2. The topological polar surface area (TPSA) is 69.7 Å². The predicted octanol–water partition coefficient (Wildman–Crippen LogP) is 1.37. The lowest BCUT2D eigenvalue weighted by molar-refractivity contribution is 0.0948. The second-order valence-corrected chi connectivity index (χ2v) is 9.21. The number of amides is 1. The summed E-state index contributed by atoms with van der Waals surface area (Å²) in [5, 5.41) is 2.87. The molecular weight excluding hydrogens is 429 g/mol. The van der Waals surface area contributed by atoms with Gasteiger partial charge in [-0.1, -0.05) is 0 Å². The maximum absolute atomic E-state index is 12.3. The van der Waals surface area contributed by atoms with E-state index in [4.69, 9.17) is 0 Å². The smallest absolute Gasteiger partial charge is 0.252 e. The maximum atomic E-state index is 12.3. The Hall–Kier alpha value is -0.710. The lowest BCUT2D eigenvalue weighted by atomic mass is 10.2. The molecular formula is C15H22IN3O3S. The summed E-state index contributed by atoms with van der Waals surface area (Å²) in [4.78, 5) is 14.7. The van der Waals surface area contributed by atoms with Gasteiger partial charge in [0.05, 0.1) is 10.5 Å². The van der Waals surface area contributed by atoms with Gasteiger partial charge >= 0.3 is 0 Å². The zero-order valence-corrected chi connectivity index (χ0v) is 16.5. The molecule has 0 aromatic heterocycles. The van der Waals surface area contributed by atoms with E-state index in [0.29, 0.717) is 18.2 Å². The first kappa shape index (κ1) is 18.6. The number of nitrogens with one attached hydrogen (secondary N) is 1. The minimum Gasteiger partial charge on any atom is -0.351 e. The molecule has 0 bridgehead atoms. The van der Waals surface area contributed by atoms with Crippen LogP contribution in [0.2, 0.25) is 0 Å². The zero-order chi connectivity index (χ0) is 17.2. The molecule has 0 heterocycles. The van der Waals surface area contributed by atoms with Crippen LogP contribution in [0.4, 0.5) is 0 Å². The molecule has 23 heavy (non-hydrogen) atoms. The highest BCUT2D eigenvalue weighted by atomic mass is 127. The number of rotatable bonds is 7. The van der Waals surface area contributed by atoms with Crippen molar-refractivity contribution < 1.29 is 13.2 Å². The average molecular weight is 451 g/mol. The van der Waals surface area contributed by atoms with Gasteiger partial charge in [-0.05, 0) is 60.7 Å². The molecule has 0 spiro atoms. The van der Waals surface area contributed by atoms with Crippen LogP contribution in [-0.2, 0) is 10.0 Å². The second kappa shape index (κ2) is 7.45. The molecule has 0 unspecified atom stereocenters. The van der Waals surface area contributed by atoms with Crippen molar-refractivity contribution in [3.63, 3.8) is 0 Å². The Bertz CT molecular complexity index is 687. The first-order chi connectivity index (χ1) is 10.7. The van der Waals surface area contributed by atoms with E-state index in [0.717, 1.165) is 14.4 Å². The number of carbonyl (C=O) groups is 1. The van der Waals surface area contributed by atoms with Gasteiger partial charge in [-0.2, -0.15) is 0 Å². The number of hydrogen-bond acceptors (Lipinski definition) is 4. The molecule has 1 aliphatic carbocycles. The molecule has 1 amide bonds. The van der Waals surface area contributed by atoms with Crippen LogP contribution in [0.25, 0.3) is 0 Å². The third-order valence-corrected chi connectivity index (χ3v) is 6.63. The van der Waals surface area contributed by atoms with Crippen molar-refractivity contribution in [2.24, 2.45) is 0 Å². The Morgan fingerprint density at radius 3 is 2.52 bits per heavy atom. The molecule has 1 saturated carbocycles. The van der Waals surface area contributed by atoms with Gasteiger partial charge in [-0.3, -0.25) is 4.79 Å². The van der Waals surface area contributed by atoms with Crippen molar-refractivity contribution in [1.82, 2.24) is 14.5 Å². The molecule has 1 aromatic rings. The summed E-state index contributed by atoms with van der Waals surface area (Å²) in [7, 11) is 1.45. The number of benzene rings is 1. The quantitative estimate of drug-likeness (QED) is 0.636. The Balaban J connectivity index is 2.07. The van der Waals surface area contributed by atoms with Crippen LogP contribution in [-0.4, -0.2) is 63.8 Å². The van der Waals surface area contributed by atoms with Gasteiger partial charge in [0.2, 0.25) is 10.0 Å². The second-order valence-electron chi connectivity index (χ2n) is 5.90. The van der Waals surface area contributed by atoms with Crippen LogP contribution in [0.15, 0.2) is 23.1 Å². The molecule has 128 valence electrons. The number of hydrogen-bond donors (Lipinski definition) is 1. The fourth-order valence-corrected chi connectivity index (χ4v) is 3.70. The van der Waals surface area contributed by atoms with Gasteiger partial charge in [-0.15, -0.1) is 0 Å². The Labute approximate surface area is 151 Å². The predicted molar refractivity (Wildman–Crippen MR) is 98.0 cm³/mol. The van der Waals surface area contributed by atoms with Gasteiger partial charge in [0.1, 0.15) is 0 Å². The van der Waals surface area contributed by atoms with E-state index in [9.17, 15) is 13.2 Å². The molecule has 1 fully saturated rings. The zero-order valence-electron chi connectivity index (χ0n) is 13.5. The third-order valence-electron chi connectivity index (χ3n) is 3.88. The van der Waals surface area contributed by atoms with E-state index in [2.05, 4.69) is 17.3 Å². The molecule has 6 nitrogen and oxygen atoms in total. The monoisotopic (exact) mass is 451 g/mol. The van der Waals surface area contributed by atoms with Crippen LogP contribution in [0, 0.1) is 3.57 Å². The van der Waals surface area contributed by atoms with Crippen molar-refractivity contribution >= 4 is 38.5 Å².